The summed E-state index contributed by atoms with van der Waals surface area (Å²) in [6.45, 7) is 4.35. The number of aromatic nitrogens is 4. The number of hydrogen-bond donors (Lipinski definition) is 1. The number of nitrogens with one attached hydrogen (secondary N) is 1. The SMILES string of the molecule is CCCn1c(SC(C)C(=O)Nc2c(F)cccc2F)nnc1-c1ccncc1. The maximum absolute atomic E-state index is 13.8. The van der Waals surface area contributed by atoms with Crippen LogP contribution in [0.1, 0.15) is 20.3 Å². The van der Waals surface area contributed by atoms with Crippen molar-refractivity contribution in [1.82, 2.24) is 19.7 Å². The summed E-state index contributed by atoms with van der Waals surface area (Å²) in [4.78, 5) is 16.4. The highest BCUT2D eigenvalue weighted by Gasteiger charge is 2.22. The summed E-state index contributed by atoms with van der Waals surface area (Å²) in [6.07, 6.45) is 4.20. The lowest BCUT2D eigenvalue weighted by Crippen LogP contribution is -2.24. The summed E-state index contributed by atoms with van der Waals surface area (Å²) in [7, 11) is 0. The first-order chi connectivity index (χ1) is 13.5. The number of anilines is 1. The Morgan fingerprint density at radius 3 is 2.50 bits per heavy atom. The summed E-state index contributed by atoms with van der Waals surface area (Å²) in [5.41, 5.74) is 0.417. The van der Waals surface area contributed by atoms with Gasteiger partial charge in [0.15, 0.2) is 11.0 Å². The predicted octanol–water partition coefficient (Wildman–Crippen LogP) is 4.15. The maximum atomic E-state index is 13.8. The van der Waals surface area contributed by atoms with Gasteiger partial charge in [-0.3, -0.25) is 9.78 Å². The van der Waals surface area contributed by atoms with Crippen LogP contribution in [-0.4, -0.2) is 30.9 Å². The molecule has 2 aromatic heterocycles. The second-order valence-corrected chi connectivity index (χ2v) is 7.35. The molecule has 1 aromatic carbocycles. The summed E-state index contributed by atoms with van der Waals surface area (Å²) in [5, 5.41) is 10.7. The van der Waals surface area contributed by atoms with Crippen molar-refractivity contribution in [2.24, 2.45) is 0 Å². The van der Waals surface area contributed by atoms with Crippen LogP contribution in [0.4, 0.5) is 14.5 Å². The zero-order chi connectivity index (χ0) is 20.1. The van der Waals surface area contributed by atoms with Gasteiger partial charge in [-0.15, -0.1) is 10.2 Å². The Hall–Kier alpha value is -2.81. The van der Waals surface area contributed by atoms with Crippen molar-refractivity contribution in [2.45, 2.75) is 37.2 Å². The number of benzene rings is 1. The molecule has 6 nitrogen and oxygen atoms in total. The molecule has 0 aliphatic carbocycles. The average Bonchev–Trinajstić information content (AvgIpc) is 3.08. The second kappa shape index (κ2) is 8.92. The Kier molecular flexibility index (Phi) is 6.35. The lowest BCUT2D eigenvalue weighted by atomic mass is 10.2. The largest absolute Gasteiger partial charge is 0.320 e. The van der Waals surface area contributed by atoms with E-state index in [1.807, 2.05) is 23.6 Å². The van der Waals surface area contributed by atoms with Crippen molar-refractivity contribution in [2.75, 3.05) is 5.32 Å². The van der Waals surface area contributed by atoms with Gasteiger partial charge >= 0.3 is 0 Å². The molecule has 1 unspecified atom stereocenters. The van der Waals surface area contributed by atoms with Crippen molar-refractivity contribution in [1.29, 1.82) is 0 Å². The van der Waals surface area contributed by atoms with Crippen LogP contribution in [0.3, 0.4) is 0 Å². The molecule has 0 aliphatic heterocycles. The smallest absolute Gasteiger partial charge is 0.237 e. The van der Waals surface area contributed by atoms with Crippen LogP contribution in [0.25, 0.3) is 11.4 Å². The van der Waals surface area contributed by atoms with E-state index in [2.05, 4.69) is 20.5 Å². The lowest BCUT2D eigenvalue weighted by Gasteiger charge is -2.14. The number of nitrogens with zero attached hydrogens (tertiary/aromatic N) is 4. The Morgan fingerprint density at radius 1 is 1.18 bits per heavy atom. The molecule has 0 saturated carbocycles. The van der Waals surface area contributed by atoms with E-state index in [1.165, 1.54) is 17.8 Å². The van der Waals surface area contributed by atoms with E-state index in [-0.39, 0.29) is 0 Å². The Bertz CT molecular complexity index is 944. The molecule has 1 N–H and O–H groups in total. The van der Waals surface area contributed by atoms with E-state index in [0.717, 1.165) is 24.1 Å². The molecule has 146 valence electrons. The third-order valence-electron chi connectivity index (χ3n) is 3.96. The minimum absolute atomic E-state index is 0.451. The lowest BCUT2D eigenvalue weighted by molar-refractivity contribution is -0.115. The van der Waals surface area contributed by atoms with Gasteiger partial charge in [-0.05, 0) is 37.6 Å². The van der Waals surface area contributed by atoms with Crippen LogP contribution < -0.4 is 5.32 Å². The van der Waals surface area contributed by atoms with Crippen LogP contribution in [0.2, 0.25) is 0 Å². The van der Waals surface area contributed by atoms with E-state index in [1.54, 1.807) is 19.3 Å². The van der Waals surface area contributed by atoms with Gasteiger partial charge in [-0.2, -0.15) is 0 Å². The number of pyridine rings is 1. The van der Waals surface area contributed by atoms with Gasteiger partial charge in [-0.25, -0.2) is 8.78 Å². The van der Waals surface area contributed by atoms with E-state index >= 15 is 0 Å². The van der Waals surface area contributed by atoms with E-state index in [4.69, 9.17) is 0 Å². The number of halogens is 2. The average molecular weight is 403 g/mol. The summed E-state index contributed by atoms with van der Waals surface area (Å²) < 4.78 is 29.5. The summed E-state index contributed by atoms with van der Waals surface area (Å²) in [6, 6.07) is 7.10. The van der Waals surface area contributed by atoms with Crippen LogP contribution in [-0.2, 0) is 11.3 Å². The molecule has 3 aromatic rings. The summed E-state index contributed by atoms with van der Waals surface area (Å²) in [5.74, 6) is -1.48. The number of thioether (sulfide) groups is 1. The zero-order valence-corrected chi connectivity index (χ0v) is 16.2. The van der Waals surface area contributed by atoms with Gasteiger partial charge < -0.3 is 9.88 Å². The van der Waals surface area contributed by atoms with Crippen molar-refractivity contribution in [3.05, 3.63) is 54.4 Å². The second-order valence-electron chi connectivity index (χ2n) is 6.04. The highest BCUT2D eigenvalue weighted by Crippen LogP contribution is 2.28. The first kappa shape index (κ1) is 19.9. The van der Waals surface area contributed by atoms with Crippen LogP contribution in [0.5, 0.6) is 0 Å². The highest BCUT2D eigenvalue weighted by molar-refractivity contribution is 8.00. The quantitative estimate of drug-likeness (QED) is 0.600. The fourth-order valence-corrected chi connectivity index (χ4v) is 3.44. The van der Waals surface area contributed by atoms with Crippen LogP contribution in [0.15, 0.2) is 47.9 Å². The third kappa shape index (κ3) is 4.36. The standard InChI is InChI=1S/C19H19F2N5OS/c1-3-11-26-17(13-7-9-22-10-8-13)24-25-19(26)28-12(2)18(27)23-16-14(20)5-4-6-15(16)21/h4-10,12H,3,11H2,1-2H3,(H,23,27). The van der Waals surface area contributed by atoms with Crippen molar-refractivity contribution < 1.29 is 13.6 Å². The van der Waals surface area contributed by atoms with E-state index in [0.29, 0.717) is 17.5 Å². The maximum Gasteiger partial charge on any atom is 0.237 e. The molecule has 0 aliphatic rings. The minimum Gasteiger partial charge on any atom is -0.320 e. The molecular weight excluding hydrogens is 384 g/mol. The van der Waals surface area contributed by atoms with Crippen molar-refractivity contribution >= 4 is 23.4 Å². The molecular formula is C19H19F2N5OS. The molecule has 1 atom stereocenters. The third-order valence-corrected chi connectivity index (χ3v) is 5.05. The highest BCUT2D eigenvalue weighted by atomic mass is 32.2. The van der Waals surface area contributed by atoms with Gasteiger partial charge in [0.1, 0.15) is 17.3 Å². The zero-order valence-electron chi connectivity index (χ0n) is 15.4. The number of hydrogen-bond acceptors (Lipinski definition) is 5. The predicted molar refractivity (Wildman–Crippen MR) is 104 cm³/mol. The molecule has 0 fully saturated rings. The normalized spacial score (nSPS) is 12.0. The van der Waals surface area contributed by atoms with Gasteiger partial charge in [0, 0.05) is 24.5 Å². The van der Waals surface area contributed by atoms with Crippen molar-refractivity contribution in [3.8, 4) is 11.4 Å². The molecule has 0 saturated heterocycles. The Morgan fingerprint density at radius 2 is 1.86 bits per heavy atom. The molecule has 0 bridgehead atoms. The van der Waals surface area contributed by atoms with Gasteiger partial charge in [0.25, 0.3) is 0 Å². The molecule has 1 amide bonds. The number of para-hydroxylation sites is 1. The molecule has 3 rings (SSSR count). The van der Waals surface area contributed by atoms with Crippen LogP contribution in [0, 0.1) is 11.6 Å². The fourth-order valence-electron chi connectivity index (χ4n) is 2.57. The topological polar surface area (TPSA) is 72.7 Å². The van der Waals surface area contributed by atoms with Gasteiger partial charge in [-0.1, -0.05) is 24.8 Å². The number of rotatable bonds is 7. The number of carbonyl (C=O) groups is 1. The Labute approximate surface area is 165 Å². The first-order valence-corrected chi connectivity index (χ1v) is 9.64. The van der Waals surface area contributed by atoms with E-state index in [9.17, 15) is 13.6 Å². The molecule has 0 spiro atoms. The fraction of sp³-hybridized carbons (Fsp3) is 0.263. The summed E-state index contributed by atoms with van der Waals surface area (Å²) >= 11 is 1.18. The number of carbonyl (C=O) groups excluding carboxylic acids is 1. The first-order valence-electron chi connectivity index (χ1n) is 8.76. The monoisotopic (exact) mass is 403 g/mol. The van der Waals surface area contributed by atoms with E-state index < -0.39 is 28.5 Å². The molecule has 0 radical (unpaired) electrons. The van der Waals surface area contributed by atoms with Crippen molar-refractivity contribution in [3.63, 3.8) is 0 Å². The number of amides is 1. The minimum atomic E-state index is -0.820. The molecule has 9 heteroatoms. The van der Waals surface area contributed by atoms with Gasteiger partial charge in [0.05, 0.1) is 5.25 Å². The van der Waals surface area contributed by atoms with Gasteiger partial charge in [0.2, 0.25) is 5.91 Å². The Balaban J connectivity index is 1.79. The molecule has 2 heterocycles. The molecule has 28 heavy (non-hydrogen) atoms. The van der Waals surface area contributed by atoms with Crippen LogP contribution >= 0.6 is 11.8 Å².